The van der Waals surface area contributed by atoms with Gasteiger partial charge < -0.3 is 16.4 Å². The molecule has 0 radical (unpaired) electrons. The van der Waals surface area contributed by atoms with Crippen LogP contribution < -0.4 is 16.4 Å². The molecule has 0 aliphatic heterocycles. The first-order chi connectivity index (χ1) is 11.0. The number of nitrogens with two attached hydrogens (primary N) is 1. The summed E-state index contributed by atoms with van der Waals surface area (Å²) in [4.78, 5) is 24.2. The quantitative estimate of drug-likeness (QED) is 0.605. The molecule has 2 rings (SSSR count). The minimum absolute atomic E-state index is 0.169. The van der Waals surface area contributed by atoms with Crippen LogP contribution in [-0.2, 0) is 5.75 Å². The van der Waals surface area contributed by atoms with Crippen LogP contribution in [0.5, 0.6) is 0 Å². The molecule has 0 unspecified atom stereocenters. The first-order valence-electron chi connectivity index (χ1n) is 6.81. The number of urea groups is 1. The van der Waals surface area contributed by atoms with E-state index < -0.39 is 6.03 Å². The van der Waals surface area contributed by atoms with Crippen molar-refractivity contribution >= 4 is 56.7 Å². The maximum absolute atomic E-state index is 12.1. The highest BCUT2D eigenvalue weighted by molar-refractivity contribution is 9.11. The largest absolute Gasteiger partial charge is 0.351 e. The Labute approximate surface area is 151 Å². The molecule has 2 aromatic rings. The van der Waals surface area contributed by atoms with E-state index in [9.17, 15) is 9.59 Å². The third-order valence-corrected chi connectivity index (χ3v) is 5.61. The van der Waals surface area contributed by atoms with Gasteiger partial charge in [-0.25, -0.2) is 4.79 Å². The molecule has 8 heteroatoms. The third kappa shape index (κ3) is 6.25. The van der Waals surface area contributed by atoms with E-state index in [1.807, 2.05) is 6.07 Å². The smallest absolute Gasteiger partial charge is 0.316 e. The minimum Gasteiger partial charge on any atom is -0.351 e. The monoisotopic (exact) mass is 413 g/mol. The molecule has 23 heavy (non-hydrogen) atoms. The highest BCUT2D eigenvalue weighted by Gasteiger charge is 2.06. The third-order valence-electron chi connectivity index (χ3n) is 2.80. The number of hydrogen-bond donors (Lipinski definition) is 3. The number of hydrogen-bond acceptors (Lipinski definition) is 4. The number of anilines is 1. The van der Waals surface area contributed by atoms with Crippen molar-refractivity contribution < 1.29 is 9.59 Å². The predicted octanol–water partition coefficient (Wildman–Crippen LogP) is 3.66. The molecule has 1 aromatic carbocycles. The Kier molecular flexibility index (Phi) is 6.94. The summed E-state index contributed by atoms with van der Waals surface area (Å²) in [6, 6.07) is 10.1. The van der Waals surface area contributed by atoms with Crippen molar-refractivity contribution in [2.75, 3.05) is 17.6 Å². The molecule has 3 amide bonds. The number of nitrogens with one attached hydrogen (secondary N) is 2. The van der Waals surface area contributed by atoms with Crippen LogP contribution in [-0.4, -0.2) is 24.2 Å². The van der Waals surface area contributed by atoms with Gasteiger partial charge in [0, 0.05) is 34.2 Å². The van der Waals surface area contributed by atoms with Gasteiger partial charge in [0.2, 0.25) is 0 Å². The Morgan fingerprint density at radius 3 is 2.78 bits per heavy atom. The molecule has 0 saturated carbocycles. The Balaban J connectivity index is 1.73. The minimum atomic E-state index is -0.654. The van der Waals surface area contributed by atoms with E-state index >= 15 is 0 Å². The number of carbonyl (C=O) groups is 2. The number of thioether (sulfide) groups is 1. The van der Waals surface area contributed by atoms with Crippen LogP contribution in [0.4, 0.5) is 10.5 Å². The van der Waals surface area contributed by atoms with Crippen molar-refractivity contribution in [3.05, 3.63) is 50.6 Å². The summed E-state index contributed by atoms with van der Waals surface area (Å²) in [6.45, 7) is 0.587. The fourth-order valence-corrected chi connectivity index (χ4v) is 4.27. The van der Waals surface area contributed by atoms with Gasteiger partial charge in [0.15, 0.2) is 0 Å². The first kappa shape index (κ1) is 17.8. The zero-order chi connectivity index (χ0) is 16.7. The summed E-state index contributed by atoms with van der Waals surface area (Å²) in [5.74, 6) is 1.60. The predicted molar refractivity (Wildman–Crippen MR) is 100 cm³/mol. The fraction of sp³-hybridized carbons (Fsp3) is 0.200. The van der Waals surface area contributed by atoms with Gasteiger partial charge in [-0.15, -0.1) is 11.3 Å². The van der Waals surface area contributed by atoms with Gasteiger partial charge in [0.25, 0.3) is 5.91 Å². The number of primary amides is 1. The second kappa shape index (κ2) is 8.95. The number of rotatable bonds is 7. The van der Waals surface area contributed by atoms with Crippen LogP contribution in [0, 0.1) is 0 Å². The normalized spacial score (nSPS) is 10.3. The van der Waals surface area contributed by atoms with Crippen molar-refractivity contribution in [3.8, 4) is 0 Å². The second-order valence-corrected chi connectivity index (χ2v) is 8.24. The van der Waals surface area contributed by atoms with Crippen LogP contribution in [0.2, 0.25) is 0 Å². The molecule has 1 heterocycles. The summed E-state index contributed by atoms with van der Waals surface area (Å²) in [6.07, 6.45) is 0. The Bertz CT molecular complexity index is 691. The summed E-state index contributed by atoms with van der Waals surface area (Å²) in [5, 5.41) is 5.31. The Morgan fingerprint density at radius 1 is 1.26 bits per heavy atom. The molecule has 0 aliphatic rings. The van der Waals surface area contributed by atoms with E-state index in [1.54, 1.807) is 47.4 Å². The number of halogens is 1. The SMILES string of the molecule is NC(=O)Nc1cccc(C(=O)NCCSCc2ccc(Br)s2)c1. The van der Waals surface area contributed by atoms with Gasteiger partial charge in [0.05, 0.1) is 3.79 Å². The van der Waals surface area contributed by atoms with Gasteiger partial charge >= 0.3 is 6.03 Å². The van der Waals surface area contributed by atoms with Crippen molar-refractivity contribution in [2.45, 2.75) is 5.75 Å². The van der Waals surface area contributed by atoms with Crippen LogP contribution in [0.25, 0.3) is 0 Å². The van der Waals surface area contributed by atoms with Crippen molar-refractivity contribution in [1.82, 2.24) is 5.32 Å². The topological polar surface area (TPSA) is 84.2 Å². The van der Waals surface area contributed by atoms with Crippen LogP contribution in [0.15, 0.2) is 40.2 Å². The van der Waals surface area contributed by atoms with Gasteiger partial charge in [0.1, 0.15) is 0 Å². The average molecular weight is 414 g/mol. The summed E-state index contributed by atoms with van der Waals surface area (Å²) in [7, 11) is 0. The standard InChI is InChI=1S/C15H16BrN3O2S2/c16-13-5-4-12(23-13)9-22-7-6-18-14(20)10-2-1-3-11(8-10)19-15(17)21/h1-5,8H,6-7,9H2,(H,18,20)(H3,17,19,21). The van der Waals surface area contributed by atoms with E-state index in [0.717, 1.165) is 15.3 Å². The van der Waals surface area contributed by atoms with E-state index in [0.29, 0.717) is 17.8 Å². The molecule has 0 saturated heterocycles. The van der Waals surface area contributed by atoms with Crippen LogP contribution >= 0.6 is 39.0 Å². The lowest BCUT2D eigenvalue weighted by Crippen LogP contribution is -2.26. The summed E-state index contributed by atoms with van der Waals surface area (Å²) in [5.41, 5.74) is 6.05. The molecular weight excluding hydrogens is 398 g/mol. The van der Waals surface area contributed by atoms with E-state index in [4.69, 9.17) is 5.73 Å². The van der Waals surface area contributed by atoms with Crippen molar-refractivity contribution in [2.24, 2.45) is 5.73 Å². The lowest BCUT2D eigenvalue weighted by Gasteiger charge is -2.07. The summed E-state index contributed by atoms with van der Waals surface area (Å²) >= 11 is 6.93. The second-order valence-electron chi connectivity index (χ2n) is 4.58. The lowest BCUT2D eigenvalue weighted by atomic mass is 10.2. The summed E-state index contributed by atoms with van der Waals surface area (Å²) < 4.78 is 1.13. The van der Waals surface area contributed by atoms with Gasteiger partial charge in [-0.2, -0.15) is 11.8 Å². The van der Waals surface area contributed by atoms with Crippen molar-refractivity contribution in [1.29, 1.82) is 0 Å². The van der Waals surface area contributed by atoms with E-state index in [1.165, 1.54) is 4.88 Å². The molecule has 0 spiro atoms. The maximum Gasteiger partial charge on any atom is 0.316 e. The lowest BCUT2D eigenvalue weighted by molar-refractivity contribution is 0.0956. The molecule has 1 aromatic heterocycles. The Hall–Kier alpha value is -1.51. The molecular formula is C15H16BrN3O2S2. The zero-order valence-corrected chi connectivity index (χ0v) is 15.4. The fourth-order valence-electron chi connectivity index (χ4n) is 1.82. The molecule has 0 fully saturated rings. The number of thiophene rings is 1. The molecule has 0 aliphatic carbocycles. The van der Waals surface area contributed by atoms with Gasteiger partial charge in [-0.05, 0) is 46.3 Å². The zero-order valence-electron chi connectivity index (χ0n) is 12.2. The highest BCUT2D eigenvalue weighted by Crippen LogP contribution is 2.25. The van der Waals surface area contributed by atoms with E-state index in [-0.39, 0.29) is 5.91 Å². The molecule has 4 N–H and O–H groups in total. The van der Waals surface area contributed by atoms with Crippen LogP contribution in [0.1, 0.15) is 15.2 Å². The first-order valence-corrected chi connectivity index (χ1v) is 9.57. The van der Waals surface area contributed by atoms with E-state index in [2.05, 4.69) is 32.6 Å². The highest BCUT2D eigenvalue weighted by atomic mass is 79.9. The van der Waals surface area contributed by atoms with Gasteiger partial charge in [-0.3, -0.25) is 4.79 Å². The average Bonchev–Trinajstić information content (AvgIpc) is 2.92. The van der Waals surface area contributed by atoms with Crippen LogP contribution in [0.3, 0.4) is 0 Å². The number of benzene rings is 1. The molecule has 122 valence electrons. The molecule has 5 nitrogen and oxygen atoms in total. The Morgan fingerprint density at radius 2 is 2.09 bits per heavy atom. The number of amides is 3. The van der Waals surface area contributed by atoms with Crippen molar-refractivity contribution in [3.63, 3.8) is 0 Å². The maximum atomic E-state index is 12.1. The number of carbonyl (C=O) groups excluding carboxylic acids is 2. The molecule has 0 atom stereocenters. The van der Waals surface area contributed by atoms with Gasteiger partial charge in [-0.1, -0.05) is 6.07 Å². The molecule has 0 bridgehead atoms.